The third-order valence-corrected chi connectivity index (χ3v) is 5.94. The lowest BCUT2D eigenvalue weighted by molar-refractivity contribution is -0.170. The van der Waals surface area contributed by atoms with Crippen LogP contribution in [0.4, 0.5) is 0 Å². The minimum atomic E-state index is -1.01. The predicted octanol–water partition coefficient (Wildman–Crippen LogP) is 5.67. The van der Waals surface area contributed by atoms with Gasteiger partial charge in [0.1, 0.15) is 6.61 Å². The van der Waals surface area contributed by atoms with Crippen LogP contribution in [0.5, 0.6) is 0 Å². The fourth-order valence-electron chi connectivity index (χ4n) is 4.40. The first-order valence-corrected chi connectivity index (χ1v) is 10.9. The number of hydrogen-bond acceptors (Lipinski definition) is 4. The van der Waals surface area contributed by atoms with Crippen molar-refractivity contribution < 1.29 is 19.1 Å². The molecule has 0 unspecified atom stereocenters. The maximum Gasteiger partial charge on any atom is 0.418 e. The van der Waals surface area contributed by atoms with Gasteiger partial charge in [0, 0.05) is 5.92 Å². The SMILES string of the molecule is O=C(OCC1c2ccccc2-c2ccccc21)C(=O)OC(c1ccccc1)c1ccccc1. The van der Waals surface area contributed by atoms with E-state index >= 15 is 0 Å². The van der Waals surface area contributed by atoms with Gasteiger partial charge in [0.15, 0.2) is 6.10 Å². The van der Waals surface area contributed by atoms with Crippen LogP contribution in [0.3, 0.4) is 0 Å². The van der Waals surface area contributed by atoms with Crippen molar-refractivity contribution in [1.82, 2.24) is 0 Å². The molecule has 0 heterocycles. The molecule has 0 atom stereocenters. The molecule has 0 aromatic heterocycles. The average molecular weight is 434 g/mol. The molecule has 162 valence electrons. The van der Waals surface area contributed by atoms with Crippen molar-refractivity contribution in [3.8, 4) is 11.1 Å². The van der Waals surface area contributed by atoms with E-state index in [-0.39, 0.29) is 12.5 Å². The summed E-state index contributed by atoms with van der Waals surface area (Å²) in [6, 6.07) is 34.8. The second-order valence-corrected chi connectivity index (χ2v) is 7.93. The number of carbonyl (C=O) groups excluding carboxylic acids is 2. The zero-order valence-corrected chi connectivity index (χ0v) is 17.9. The molecule has 4 nitrogen and oxygen atoms in total. The van der Waals surface area contributed by atoms with E-state index in [4.69, 9.17) is 9.47 Å². The van der Waals surface area contributed by atoms with Gasteiger partial charge in [-0.3, -0.25) is 0 Å². The molecule has 0 aliphatic heterocycles. The number of benzene rings is 4. The van der Waals surface area contributed by atoms with Crippen LogP contribution in [-0.4, -0.2) is 18.5 Å². The monoisotopic (exact) mass is 434 g/mol. The van der Waals surface area contributed by atoms with Crippen molar-refractivity contribution in [3.63, 3.8) is 0 Å². The second kappa shape index (κ2) is 9.13. The van der Waals surface area contributed by atoms with E-state index in [1.54, 1.807) is 0 Å². The average Bonchev–Trinajstić information content (AvgIpc) is 3.20. The maximum atomic E-state index is 12.7. The van der Waals surface area contributed by atoms with E-state index in [1.807, 2.05) is 97.1 Å². The van der Waals surface area contributed by atoms with Crippen LogP contribution in [-0.2, 0) is 19.1 Å². The normalized spacial score (nSPS) is 12.2. The van der Waals surface area contributed by atoms with Gasteiger partial charge in [-0.25, -0.2) is 9.59 Å². The Morgan fingerprint density at radius 1 is 0.606 bits per heavy atom. The standard InChI is InChI=1S/C29H22O4/c30-28(29(31)33-27(20-11-3-1-4-12-20)21-13-5-2-6-14-21)32-19-26-24-17-9-7-15-22(24)23-16-8-10-18-25(23)26/h1-18,26-27H,19H2. The zero-order chi connectivity index (χ0) is 22.6. The molecule has 4 heteroatoms. The van der Waals surface area contributed by atoms with Crippen molar-refractivity contribution in [2.24, 2.45) is 0 Å². The third-order valence-electron chi connectivity index (χ3n) is 5.94. The molecule has 0 spiro atoms. The lowest BCUT2D eigenvalue weighted by Gasteiger charge is -2.19. The summed E-state index contributed by atoms with van der Waals surface area (Å²) in [5.74, 6) is -2.12. The highest BCUT2D eigenvalue weighted by molar-refractivity contribution is 6.29. The molecule has 1 aliphatic rings. The van der Waals surface area contributed by atoms with Crippen LogP contribution in [0.15, 0.2) is 109 Å². The van der Waals surface area contributed by atoms with E-state index in [0.29, 0.717) is 0 Å². The molecule has 4 aromatic carbocycles. The van der Waals surface area contributed by atoms with Crippen LogP contribution < -0.4 is 0 Å². The van der Waals surface area contributed by atoms with Gasteiger partial charge in [0.2, 0.25) is 0 Å². The van der Waals surface area contributed by atoms with Gasteiger partial charge in [-0.2, -0.15) is 0 Å². The lowest BCUT2D eigenvalue weighted by atomic mass is 9.98. The third kappa shape index (κ3) is 4.15. The Morgan fingerprint density at radius 3 is 1.58 bits per heavy atom. The zero-order valence-electron chi connectivity index (χ0n) is 17.9. The Balaban J connectivity index is 1.32. The van der Waals surface area contributed by atoms with Crippen molar-refractivity contribution >= 4 is 11.9 Å². The molecule has 4 aromatic rings. The Morgan fingerprint density at radius 2 is 1.06 bits per heavy atom. The van der Waals surface area contributed by atoms with Crippen LogP contribution in [0.1, 0.15) is 34.3 Å². The molecular weight excluding hydrogens is 412 g/mol. The quantitative estimate of drug-likeness (QED) is 0.300. The fourth-order valence-corrected chi connectivity index (χ4v) is 4.40. The topological polar surface area (TPSA) is 52.6 Å². The molecule has 33 heavy (non-hydrogen) atoms. The molecule has 0 fully saturated rings. The summed E-state index contributed by atoms with van der Waals surface area (Å²) >= 11 is 0. The first-order valence-electron chi connectivity index (χ1n) is 10.9. The summed E-state index contributed by atoms with van der Waals surface area (Å²) in [7, 11) is 0. The van der Waals surface area contributed by atoms with Crippen molar-refractivity contribution in [3.05, 3.63) is 131 Å². The highest BCUT2D eigenvalue weighted by Crippen LogP contribution is 2.44. The van der Waals surface area contributed by atoms with Gasteiger partial charge in [-0.05, 0) is 33.4 Å². The first-order chi connectivity index (χ1) is 16.2. The summed E-state index contributed by atoms with van der Waals surface area (Å²) in [5.41, 5.74) is 6.00. The van der Waals surface area contributed by atoms with Crippen LogP contribution in [0.2, 0.25) is 0 Å². The van der Waals surface area contributed by atoms with E-state index in [9.17, 15) is 9.59 Å². The highest BCUT2D eigenvalue weighted by Gasteiger charge is 2.31. The second-order valence-electron chi connectivity index (χ2n) is 7.93. The van der Waals surface area contributed by atoms with Crippen LogP contribution in [0, 0.1) is 0 Å². The molecule has 0 bridgehead atoms. The predicted molar refractivity (Wildman–Crippen MR) is 125 cm³/mol. The maximum absolute atomic E-state index is 12.7. The van der Waals surface area contributed by atoms with Gasteiger partial charge in [0.25, 0.3) is 0 Å². The number of esters is 2. The summed E-state index contributed by atoms with van der Waals surface area (Å²) < 4.78 is 11.1. The van der Waals surface area contributed by atoms with Gasteiger partial charge >= 0.3 is 11.9 Å². The smallest absolute Gasteiger partial charge is 0.418 e. The first kappa shape index (κ1) is 20.7. The molecule has 0 saturated carbocycles. The minimum absolute atomic E-state index is 0.0727. The Labute approximate surface area is 192 Å². The summed E-state index contributed by atoms with van der Waals surface area (Å²) in [6.45, 7) is 0.0727. The number of carbonyl (C=O) groups is 2. The summed E-state index contributed by atoms with van der Waals surface area (Å²) in [4.78, 5) is 25.3. The highest BCUT2D eigenvalue weighted by atomic mass is 16.6. The largest absolute Gasteiger partial charge is 0.456 e. The summed E-state index contributed by atoms with van der Waals surface area (Å²) in [6.07, 6.45) is -0.694. The molecular formula is C29H22O4. The van der Waals surface area contributed by atoms with E-state index in [1.165, 1.54) is 0 Å². The van der Waals surface area contributed by atoms with Crippen molar-refractivity contribution in [1.29, 1.82) is 0 Å². The van der Waals surface area contributed by atoms with Gasteiger partial charge in [0.05, 0.1) is 0 Å². The Bertz CT molecular complexity index is 1200. The van der Waals surface area contributed by atoms with Gasteiger partial charge in [-0.1, -0.05) is 109 Å². The molecule has 0 amide bonds. The molecule has 0 radical (unpaired) electrons. The van der Waals surface area contributed by atoms with Crippen LogP contribution in [0.25, 0.3) is 11.1 Å². The van der Waals surface area contributed by atoms with Gasteiger partial charge in [-0.15, -0.1) is 0 Å². The molecule has 0 saturated heterocycles. The van der Waals surface area contributed by atoms with Crippen molar-refractivity contribution in [2.75, 3.05) is 6.61 Å². The summed E-state index contributed by atoms with van der Waals surface area (Å²) in [5, 5.41) is 0. The number of fused-ring (bicyclic) bond motifs is 3. The van der Waals surface area contributed by atoms with E-state index < -0.39 is 18.0 Å². The molecule has 5 rings (SSSR count). The molecule has 0 N–H and O–H groups in total. The fraction of sp³-hybridized carbons (Fsp3) is 0.103. The Hall–Kier alpha value is -4.18. The van der Waals surface area contributed by atoms with Crippen LogP contribution >= 0.6 is 0 Å². The lowest BCUT2D eigenvalue weighted by Crippen LogP contribution is -2.25. The van der Waals surface area contributed by atoms with Gasteiger partial charge < -0.3 is 9.47 Å². The number of rotatable bonds is 5. The van der Waals surface area contributed by atoms with Crippen molar-refractivity contribution in [2.45, 2.75) is 12.0 Å². The number of hydrogen-bond donors (Lipinski definition) is 0. The van der Waals surface area contributed by atoms with E-state index in [2.05, 4.69) is 12.1 Å². The number of ether oxygens (including phenoxy) is 2. The minimum Gasteiger partial charge on any atom is -0.456 e. The molecule has 1 aliphatic carbocycles. The Kier molecular flexibility index (Phi) is 5.73. The van der Waals surface area contributed by atoms with E-state index in [0.717, 1.165) is 33.4 Å².